The molecule has 0 fully saturated rings. The Kier molecular flexibility index (Phi) is 5.30. The highest BCUT2D eigenvalue weighted by Crippen LogP contribution is 2.38. The van der Waals surface area contributed by atoms with Gasteiger partial charge in [-0.1, -0.05) is 12.1 Å². The molecule has 1 aromatic heterocycles. The Morgan fingerprint density at radius 2 is 1.56 bits per heavy atom. The van der Waals surface area contributed by atoms with Crippen LogP contribution in [0.15, 0.2) is 46.8 Å². The van der Waals surface area contributed by atoms with Gasteiger partial charge in [0.1, 0.15) is 5.82 Å². The number of nitrogens with zero attached hydrogens (tertiary/aromatic N) is 1. The maximum Gasteiger partial charge on any atom is 0.336 e. The van der Waals surface area contributed by atoms with Crippen molar-refractivity contribution in [1.29, 1.82) is 0 Å². The number of benzene rings is 1. The molecule has 0 radical (unpaired) electrons. The second kappa shape index (κ2) is 7.65. The smallest absolute Gasteiger partial charge is 0.336 e. The molecule has 2 N–H and O–H groups in total. The first-order valence-corrected chi connectivity index (χ1v) is 8.95. The molecule has 0 atom stereocenters. The summed E-state index contributed by atoms with van der Waals surface area (Å²) in [7, 11) is 0. The van der Waals surface area contributed by atoms with Gasteiger partial charge in [-0.3, -0.25) is 0 Å². The van der Waals surface area contributed by atoms with Gasteiger partial charge >= 0.3 is 11.9 Å². The fraction of sp³-hybridized carbons (Fsp3) is 0.350. The molecule has 0 spiro atoms. The van der Waals surface area contributed by atoms with Gasteiger partial charge < -0.3 is 19.8 Å². The number of esters is 2. The molecule has 27 heavy (non-hydrogen) atoms. The van der Waals surface area contributed by atoms with Crippen LogP contribution in [-0.4, -0.2) is 35.1 Å². The molecule has 7 nitrogen and oxygen atoms in total. The second-order valence-corrected chi connectivity index (χ2v) is 6.22. The first kappa shape index (κ1) is 18.7. The number of dihydropyridines is 1. The van der Waals surface area contributed by atoms with Gasteiger partial charge in [-0.2, -0.15) is 0 Å². The zero-order chi connectivity index (χ0) is 19.6. The van der Waals surface area contributed by atoms with Gasteiger partial charge in [0, 0.05) is 11.4 Å². The molecular formula is C20H23N3O4. The number of allylic oxidation sites excluding steroid dienone is 2. The van der Waals surface area contributed by atoms with E-state index in [0.29, 0.717) is 28.4 Å². The Labute approximate surface area is 157 Å². The van der Waals surface area contributed by atoms with Crippen molar-refractivity contribution >= 4 is 23.0 Å². The van der Waals surface area contributed by atoms with Crippen LogP contribution in [0.3, 0.4) is 0 Å². The van der Waals surface area contributed by atoms with E-state index in [1.165, 1.54) is 0 Å². The summed E-state index contributed by atoms with van der Waals surface area (Å²) in [6.07, 6.45) is 0. The van der Waals surface area contributed by atoms with Crippen LogP contribution in [0.2, 0.25) is 0 Å². The number of aromatic nitrogens is 2. The normalized spacial score (nSPS) is 15.1. The fourth-order valence-electron chi connectivity index (χ4n) is 3.34. The van der Waals surface area contributed by atoms with Gasteiger partial charge in [0.2, 0.25) is 0 Å². The molecule has 0 saturated carbocycles. The Balaban J connectivity index is 2.19. The van der Waals surface area contributed by atoms with Gasteiger partial charge in [-0.15, -0.1) is 0 Å². The molecule has 0 bridgehead atoms. The van der Waals surface area contributed by atoms with Crippen molar-refractivity contribution in [3.8, 4) is 0 Å². The lowest BCUT2D eigenvalue weighted by Gasteiger charge is -2.28. The van der Waals surface area contributed by atoms with Crippen LogP contribution in [-0.2, 0) is 19.1 Å². The van der Waals surface area contributed by atoms with E-state index in [0.717, 1.165) is 11.0 Å². The summed E-state index contributed by atoms with van der Waals surface area (Å²) in [4.78, 5) is 33.3. The Morgan fingerprint density at radius 1 is 1.00 bits per heavy atom. The number of imidazole rings is 1. The lowest BCUT2D eigenvalue weighted by molar-refractivity contribution is -0.139. The molecule has 0 amide bonds. The molecule has 0 unspecified atom stereocenters. The van der Waals surface area contributed by atoms with Crippen LogP contribution in [0.1, 0.15) is 39.4 Å². The van der Waals surface area contributed by atoms with Gasteiger partial charge in [-0.25, -0.2) is 14.6 Å². The van der Waals surface area contributed by atoms with E-state index in [1.807, 2.05) is 24.3 Å². The highest BCUT2D eigenvalue weighted by atomic mass is 16.5. The number of rotatable bonds is 5. The fourth-order valence-corrected chi connectivity index (χ4v) is 3.34. The second-order valence-electron chi connectivity index (χ2n) is 6.22. The van der Waals surface area contributed by atoms with Gasteiger partial charge in [0.15, 0.2) is 0 Å². The first-order chi connectivity index (χ1) is 13.0. The van der Waals surface area contributed by atoms with Crippen molar-refractivity contribution in [2.75, 3.05) is 13.2 Å². The lowest BCUT2D eigenvalue weighted by Crippen LogP contribution is -2.33. The lowest BCUT2D eigenvalue weighted by atomic mass is 9.85. The summed E-state index contributed by atoms with van der Waals surface area (Å²) in [6.45, 7) is 7.53. The molecule has 0 aliphatic carbocycles. The minimum Gasteiger partial charge on any atom is -0.463 e. The molecular weight excluding hydrogens is 346 g/mol. The predicted molar refractivity (Wildman–Crippen MR) is 101 cm³/mol. The maximum atomic E-state index is 12.7. The number of para-hydroxylation sites is 2. The number of carbonyl (C=O) groups excluding carboxylic acids is 2. The summed E-state index contributed by atoms with van der Waals surface area (Å²) in [6, 6.07) is 7.55. The third kappa shape index (κ3) is 3.45. The number of hydrogen-bond acceptors (Lipinski definition) is 6. The van der Waals surface area contributed by atoms with Crippen molar-refractivity contribution in [2.24, 2.45) is 0 Å². The number of carbonyl (C=O) groups is 2. The first-order valence-electron chi connectivity index (χ1n) is 8.95. The number of H-pyrrole nitrogens is 1. The van der Waals surface area contributed by atoms with Crippen LogP contribution < -0.4 is 5.32 Å². The standard InChI is InChI=1S/C20H23N3O4/c1-5-26-19(24)15-11(3)21-12(4)16(20(25)27-6-2)17(15)18-22-13-9-7-8-10-14(13)23-18/h7-10,17,21H,5-6H2,1-4H3,(H,22,23). The number of ether oxygens (including phenoxy) is 2. The van der Waals surface area contributed by atoms with E-state index in [2.05, 4.69) is 15.3 Å². The van der Waals surface area contributed by atoms with Crippen molar-refractivity contribution in [1.82, 2.24) is 15.3 Å². The number of nitrogens with one attached hydrogen (secondary N) is 2. The van der Waals surface area contributed by atoms with Crippen molar-refractivity contribution in [3.63, 3.8) is 0 Å². The van der Waals surface area contributed by atoms with Crippen LogP contribution in [0.4, 0.5) is 0 Å². The predicted octanol–water partition coefficient (Wildman–Crippen LogP) is 2.92. The van der Waals surface area contributed by atoms with E-state index in [-0.39, 0.29) is 13.2 Å². The topological polar surface area (TPSA) is 93.3 Å². The molecule has 0 saturated heterocycles. The van der Waals surface area contributed by atoms with Crippen molar-refractivity contribution < 1.29 is 19.1 Å². The third-order valence-electron chi connectivity index (χ3n) is 4.43. The molecule has 2 heterocycles. The monoisotopic (exact) mass is 369 g/mol. The third-order valence-corrected chi connectivity index (χ3v) is 4.43. The van der Waals surface area contributed by atoms with E-state index in [4.69, 9.17) is 9.47 Å². The molecule has 2 aromatic rings. The molecule has 1 aliphatic heterocycles. The zero-order valence-electron chi connectivity index (χ0n) is 15.9. The summed E-state index contributed by atoms with van der Waals surface area (Å²) >= 11 is 0. The van der Waals surface area contributed by atoms with E-state index < -0.39 is 17.9 Å². The quantitative estimate of drug-likeness (QED) is 0.787. The Hall–Kier alpha value is -3.09. The molecule has 142 valence electrons. The van der Waals surface area contributed by atoms with E-state index in [9.17, 15) is 9.59 Å². The molecule has 1 aromatic carbocycles. The highest BCUT2D eigenvalue weighted by Gasteiger charge is 2.39. The van der Waals surface area contributed by atoms with E-state index >= 15 is 0 Å². The van der Waals surface area contributed by atoms with Gasteiger partial charge in [0.25, 0.3) is 0 Å². The summed E-state index contributed by atoms with van der Waals surface area (Å²) in [5.74, 6) is -1.16. The average molecular weight is 369 g/mol. The SMILES string of the molecule is CCOC(=O)C1=C(C)NC(C)=C(C(=O)OCC)C1c1nc2ccccc2[nH]1. The molecule has 7 heteroatoms. The average Bonchev–Trinajstić information content (AvgIpc) is 3.05. The Bertz CT molecular complexity index is 882. The largest absolute Gasteiger partial charge is 0.463 e. The summed E-state index contributed by atoms with van der Waals surface area (Å²) < 4.78 is 10.5. The van der Waals surface area contributed by atoms with Crippen molar-refractivity contribution in [3.05, 3.63) is 52.6 Å². The maximum absolute atomic E-state index is 12.7. The van der Waals surface area contributed by atoms with E-state index in [1.54, 1.807) is 27.7 Å². The van der Waals surface area contributed by atoms with Crippen LogP contribution in [0.25, 0.3) is 11.0 Å². The van der Waals surface area contributed by atoms with Crippen molar-refractivity contribution in [2.45, 2.75) is 33.6 Å². The number of fused-ring (bicyclic) bond motifs is 1. The Morgan fingerprint density at radius 3 is 2.07 bits per heavy atom. The summed E-state index contributed by atoms with van der Waals surface area (Å²) in [5.41, 5.74) is 3.54. The van der Waals surface area contributed by atoms with Crippen LogP contribution >= 0.6 is 0 Å². The molecule has 1 aliphatic rings. The number of hydrogen-bond donors (Lipinski definition) is 2. The highest BCUT2D eigenvalue weighted by molar-refractivity contribution is 5.99. The minimum atomic E-state index is -0.697. The van der Waals surface area contributed by atoms with Crippen LogP contribution in [0, 0.1) is 0 Å². The summed E-state index contributed by atoms with van der Waals surface area (Å²) in [5, 5.41) is 3.11. The van der Waals surface area contributed by atoms with Gasteiger partial charge in [-0.05, 0) is 39.8 Å². The number of aromatic amines is 1. The molecule has 3 rings (SSSR count). The zero-order valence-corrected chi connectivity index (χ0v) is 15.9. The van der Waals surface area contributed by atoms with Gasteiger partial charge in [0.05, 0.1) is 41.3 Å². The van der Waals surface area contributed by atoms with Crippen LogP contribution in [0.5, 0.6) is 0 Å². The minimum absolute atomic E-state index is 0.236.